The summed E-state index contributed by atoms with van der Waals surface area (Å²) in [6.07, 6.45) is 20.3. The average Bonchev–Trinajstić information content (AvgIpc) is 2.69. The number of unbranched alkanes of at least 4 members (excludes halogenated alkanes) is 11. The van der Waals surface area contributed by atoms with Crippen molar-refractivity contribution in [2.75, 3.05) is 0 Å². The predicted molar refractivity (Wildman–Crippen MR) is 123 cm³/mol. The van der Waals surface area contributed by atoms with E-state index in [-0.39, 0.29) is 17.6 Å². The summed E-state index contributed by atoms with van der Waals surface area (Å²) in [4.78, 5) is 21.1. The molecule has 0 fully saturated rings. The molecule has 4 heteroatoms. The lowest BCUT2D eigenvalue weighted by Crippen LogP contribution is -2.16. The van der Waals surface area contributed by atoms with Crippen LogP contribution in [0, 0.1) is 0 Å². The van der Waals surface area contributed by atoms with Crippen molar-refractivity contribution in [1.29, 1.82) is 0 Å². The number of ether oxygens (including phenoxy) is 1. The summed E-state index contributed by atoms with van der Waals surface area (Å²) >= 11 is 0. The maximum atomic E-state index is 11.5. The molecular weight excluding hydrogens is 364 g/mol. The summed E-state index contributed by atoms with van der Waals surface area (Å²) in [7, 11) is 0. The SMILES string of the molecule is C=C(C)C(=O)O.C=CC(=O)OC(CCCCCCCC)CCCCCCCCC. The first-order valence-electron chi connectivity index (χ1n) is 11.6. The molecule has 0 aromatic heterocycles. The lowest BCUT2D eigenvalue weighted by molar-refractivity contribution is -0.143. The molecule has 1 atom stereocenters. The van der Waals surface area contributed by atoms with Crippen LogP contribution >= 0.6 is 0 Å². The van der Waals surface area contributed by atoms with Gasteiger partial charge in [0.05, 0.1) is 0 Å². The Morgan fingerprint density at radius 3 is 1.48 bits per heavy atom. The molecule has 0 saturated carbocycles. The van der Waals surface area contributed by atoms with Crippen molar-refractivity contribution in [2.24, 2.45) is 0 Å². The molecule has 0 amide bonds. The van der Waals surface area contributed by atoms with Crippen molar-refractivity contribution >= 4 is 11.9 Å². The van der Waals surface area contributed by atoms with Gasteiger partial charge in [-0.15, -0.1) is 0 Å². The van der Waals surface area contributed by atoms with Crippen LogP contribution in [0.25, 0.3) is 0 Å². The fraction of sp³-hybridized carbons (Fsp3) is 0.760. The van der Waals surface area contributed by atoms with Gasteiger partial charge in [-0.1, -0.05) is 97.6 Å². The van der Waals surface area contributed by atoms with E-state index in [0.717, 1.165) is 12.8 Å². The van der Waals surface area contributed by atoms with E-state index >= 15 is 0 Å². The monoisotopic (exact) mass is 410 g/mol. The van der Waals surface area contributed by atoms with Crippen LogP contribution in [0.1, 0.15) is 117 Å². The van der Waals surface area contributed by atoms with Crippen LogP contribution in [0.2, 0.25) is 0 Å². The van der Waals surface area contributed by atoms with Gasteiger partial charge in [0.25, 0.3) is 0 Å². The average molecular weight is 411 g/mol. The molecule has 0 heterocycles. The van der Waals surface area contributed by atoms with E-state index in [2.05, 4.69) is 27.0 Å². The van der Waals surface area contributed by atoms with E-state index in [9.17, 15) is 9.59 Å². The Kier molecular flexibility index (Phi) is 23.2. The molecule has 0 aliphatic rings. The van der Waals surface area contributed by atoms with Gasteiger partial charge in [0.1, 0.15) is 6.10 Å². The highest BCUT2D eigenvalue weighted by Crippen LogP contribution is 2.17. The normalized spacial score (nSPS) is 11.1. The Bertz CT molecular complexity index is 417. The summed E-state index contributed by atoms with van der Waals surface area (Å²) < 4.78 is 5.52. The van der Waals surface area contributed by atoms with E-state index in [1.165, 1.54) is 96.5 Å². The Hall–Kier alpha value is -1.58. The van der Waals surface area contributed by atoms with Crippen LogP contribution in [0.4, 0.5) is 0 Å². The molecule has 29 heavy (non-hydrogen) atoms. The van der Waals surface area contributed by atoms with Crippen molar-refractivity contribution in [3.05, 3.63) is 24.8 Å². The predicted octanol–water partition coefficient (Wildman–Crippen LogP) is 7.62. The number of hydrogen-bond donors (Lipinski definition) is 1. The van der Waals surface area contributed by atoms with Crippen LogP contribution in [-0.2, 0) is 14.3 Å². The first-order chi connectivity index (χ1) is 13.9. The molecule has 1 N–H and O–H groups in total. The molecule has 0 bridgehead atoms. The molecule has 0 saturated heterocycles. The summed E-state index contributed by atoms with van der Waals surface area (Å²) in [6.45, 7) is 12.6. The maximum Gasteiger partial charge on any atom is 0.330 e. The van der Waals surface area contributed by atoms with Crippen LogP contribution in [0.5, 0.6) is 0 Å². The molecule has 170 valence electrons. The molecule has 0 aromatic carbocycles. The highest BCUT2D eigenvalue weighted by molar-refractivity contribution is 5.84. The quantitative estimate of drug-likeness (QED) is 0.143. The molecule has 0 aromatic rings. The molecular formula is C25H46O4. The van der Waals surface area contributed by atoms with Crippen molar-refractivity contribution in [1.82, 2.24) is 0 Å². The smallest absolute Gasteiger partial charge is 0.330 e. The van der Waals surface area contributed by atoms with Gasteiger partial charge >= 0.3 is 11.9 Å². The van der Waals surface area contributed by atoms with Crippen LogP contribution in [-0.4, -0.2) is 23.1 Å². The second-order valence-electron chi connectivity index (χ2n) is 7.81. The largest absolute Gasteiger partial charge is 0.478 e. The van der Waals surface area contributed by atoms with E-state index in [1.54, 1.807) is 0 Å². The fourth-order valence-corrected chi connectivity index (χ4v) is 2.96. The van der Waals surface area contributed by atoms with Gasteiger partial charge in [0.15, 0.2) is 0 Å². The second kappa shape index (κ2) is 22.7. The van der Waals surface area contributed by atoms with Gasteiger partial charge in [-0.05, 0) is 32.6 Å². The van der Waals surface area contributed by atoms with Gasteiger partial charge in [0, 0.05) is 11.6 Å². The number of esters is 1. The number of hydrogen-bond acceptors (Lipinski definition) is 3. The number of rotatable bonds is 18. The third-order valence-corrected chi connectivity index (χ3v) is 4.82. The third-order valence-electron chi connectivity index (χ3n) is 4.82. The fourth-order valence-electron chi connectivity index (χ4n) is 2.96. The van der Waals surface area contributed by atoms with Crippen LogP contribution in [0.15, 0.2) is 24.8 Å². The molecule has 1 unspecified atom stereocenters. The second-order valence-corrected chi connectivity index (χ2v) is 7.81. The highest BCUT2D eigenvalue weighted by atomic mass is 16.5. The van der Waals surface area contributed by atoms with Gasteiger partial charge in [-0.3, -0.25) is 0 Å². The van der Waals surface area contributed by atoms with Crippen molar-refractivity contribution < 1.29 is 19.4 Å². The van der Waals surface area contributed by atoms with Crippen LogP contribution < -0.4 is 0 Å². The van der Waals surface area contributed by atoms with E-state index in [0.29, 0.717) is 0 Å². The Morgan fingerprint density at radius 2 is 1.17 bits per heavy atom. The van der Waals surface area contributed by atoms with Crippen molar-refractivity contribution in [3.63, 3.8) is 0 Å². The standard InChI is InChI=1S/C21H40O2.C4H6O2/c1-4-7-9-11-13-15-17-19-20(23-21(22)6-3)18-16-14-12-10-8-5-2;1-3(2)4(5)6/h6,20H,3-5,7-19H2,1-2H3;1H2,2H3,(H,5,6). The first kappa shape index (κ1) is 29.6. The Labute approximate surface area is 179 Å². The van der Waals surface area contributed by atoms with Gasteiger partial charge < -0.3 is 9.84 Å². The zero-order valence-corrected chi connectivity index (χ0v) is 19.3. The van der Waals surface area contributed by atoms with Crippen LogP contribution in [0.3, 0.4) is 0 Å². The number of aliphatic carboxylic acids is 1. The maximum absolute atomic E-state index is 11.5. The molecule has 4 nitrogen and oxygen atoms in total. The van der Waals surface area contributed by atoms with Gasteiger partial charge in [-0.2, -0.15) is 0 Å². The Balaban J connectivity index is 0. The van der Waals surface area contributed by atoms with Crippen molar-refractivity contribution in [2.45, 2.75) is 123 Å². The summed E-state index contributed by atoms with van der Waals surface area (Å²) in [6, 6.07) is 0. The number of carboxylic acids is 1. The number of carbonyl (C=O) groups is 2. The lowest BCUT2D eigenvalue weighted by Gasteiger charge is -2.17. The zero-order chi connectivity index (χ0) is 22.3. The van der Waals surface area contributed by atoms with E-state index in [1.807, 2.05) is 0 Å². The Morgan fingerprint density at radius 1 is 0.828 bits per heavy atom. The summed E-state index contributed by atoms with van der Waals surface area (Å²) in [5, 5.41) is 7.89. The molecule has 0 spiro atoms. The van der Waals surface area contributed by atoms with E-state index in [4.69, 9.17) is 9.84 Å². The summed E-state index contributed by atoms with van der Waals surface area (Å²) in [5.74, 6) is -1.20. The molecule has 0 aliphatic carbocycles. The van der Waals surface area contributed by atoms with Gasteiger partial charge in [-0.25, -0.2) is 9.59 Å². The van der Waals surface area contributed by atoms with E-state index < -0.39 is 5.97 Å². The van der Waals surface area contributed by atoms with Crippen molar-refractivity contribution in [3.8, 4) is 0 Å². The minimum Gasteiger partial charge on any atom is -0.478 e. The molecule has 0 rings (SSSR count). The summed E-state index contributed by atoms with van der Waals surface area (Å²) in [5.41, 5.74) is 0.176. The minimum absolute atomic E-state index is 0.0994. The lowest BCUT2D eigenvalue weighted by atomic mass is 10.0. The number of carbonyl (C=O) groups excluding carboxylic acids is 1. The third kappa shape index (κ3) is 24.4. The first-order valence-corrected chi connectivity index (χ1v) is 11.6. The topological polar surface area (TPSA) is 63.6 Å². The highest BCUT2D eigenvalue weighted by Gasteiger charge is 2.12. The molecule has 0 aliphatic heterocycles. The number of carboxylic acid groups (broad SMARTS) is 1. The molecule has 0 radical (unpaired) electrons. The zero-order valence-electron chi connectivity index (χ0n) is 19.3. The van der Waals surface area contributed by atoms with Gasteiger partial charge in [0.2, 0.25) is 0 Å². The minimum atomic E-state index is -0.935.